The van der Waals surface area contributed by atoms with Crippen molar-refractivity contribution in [3.63, 3.8) is 0 Å². The van der Waals surface area contributed by atoms with Crippen LogP contribution >= 0.6 is 0 Å². The van der Waals surface area contributed by atoms with E-state index in [2.05, 4.69) is 9.80 Å². The number of benzene rings is 1. The van der Waals surface area contributed by atoms with Gasteiger partial charge in [-0.25, -0.2) is 0 Å². The Labute approximate surface area is 128 Å². The van der Waals surface area contributed by atoms with E-state index >= 15 is 0 Å². The molecule has 0 spiro atoms. The van der Waals surface area contributed by atoms with Crippen molar-refractivity contribution >= 4 is 0 Å². The fourth-order valence-corrected chi connectivity index (χ4v) is 3.78. The van der Waals surface area contributed by atoms with Gasteiger partial charge in [0, 0.05) is 12.6 Å². The van der Waals surface area contributed by atoms with Crippen LogP contribution in [0, 0.1) is 0 Å². The SMILES string of the molecule is O[C@@H](CN1CCC(N2CCCCC2)CC1)c1ccccc1. The number of nitrogens with zero attached hydrogens (tertiary/aromatic N) is 2. The monoisotopic (exact) mass is 288 g/mol. The number of aliphatic hydroxyl groups is 1. The summed E-state index contributed by atoms with van der Waals surface area (Å²) in [4.78, 5) is 5.13. The van der Waals surface area contributed by atoms with E-state index in [1.165, 1.54) is 45.2 Å². The van der Waals surface area contributed by atoms with Crippen LogP contribution in [0.5, 0.6) is 0 Å². The molecule has 3 heteroatoms. The summed E-state index contributed by atoms with van der Waals surface area (Å²) < 4.78 is 0. The molecule has 0 bridgehead atoms. The highest BCUT2D eigenvalue weighted by molar-refractivity contribution is 5.17. The summed E-state index contributed by atoms with van der Waals surface area (Å²) >= 11 is 0. The molecule has 2 saturated heterocycles. The lowest BCUT2D eigenvalue weighted by atomic mass is 9.99. The standard InChI is InChI=1S/C18H28N2O/c21-18(16-7-3-1-4-8-16)15-19-13-9-17(10-14-19)20-11-5-2-6-12-20/h1,3-4,7-8,17-18,21H,2,5-6,9-15H2/t18-/m0/s1. The third-order valence-corrected chi connectivity index (χ3v) is 5.08. The maximum Gasteiger partial charge on any atom is 0.0916 e. The summed E-state index contributed by atoms with van der Waals surface area (Å²) in [6, 6.07) is 10.8. The number of piperidine rings is 2. The van der Waals surface area contributed by atoms with Crippen molar-refractivity contribution in [1.82, 2.24) is 9.80 Å². The van der Waals surface area contributed by atoms with Crippen molar-refractivity contribution in [2.75, 3.05) is 32.7 Å². The summed E-state index contributed by atoms with van der Waals surface area (Å²) in [6.07, 6.45) is 6.36. The first kappa shape index (κ1) is 15.0. The van der Waals surface area contributed by atoms with Crippen LogP contribution in [-0.4, -0.2) is 53.7 Å². The molecule has 2 heterocycles. The second-order valence-electron chi connectivity index (χ2n) is 6.55. The quantitative estimate of drug-likeness (QED) is 0.923. The number of aliphatic hydroxyl groups excluding tert-OH is 1. The molecule has 2 aliphatic rings. The zero-order valence-electron chi connectivity index (χ0n) is 13.0. The minimum absolute atomic E-state index is 0.349. The van der Waals surface area contributed by atoms with Crippen LogP contribution in [0.4, 0.5) is 0 Å². The minimum atomic E-state index is -0.349. The molecule has 0 unspecified atom stereocenters. The molecule has 3 rings (SSSR count). The fraction of sp³-hybridized carbons (Fsp3) is 0.667. The molecule has 1 aromatic rings. The van der Waals surface area contributed by atoms with Gasteiger partial charge in [-0.15, -0.1) is 0 Å². The highest BCUT2D eigenvalue weighted by atomic mass is 16.3. The maximum absolute atomic E-state index is 10.3. The minimum Gasteiger partial charge on any atom is -0.387 e. The second kappa shape index (κ2) is 7.39. The van der Waals surface area contributed by atoms with Crippen LogP contribution in [-0.2, 0) is 0 Å². The lowest BCUT2D eigenvalue weighted by Gasteiger charge is -2.40. The Hall–Kier alpha value is -0.900. The Morgan fingerprint density at radius 2 is 1.62 bits per heavy atom. The average Bonchev–Trinajstić information content (AvgIpc) is 2.57. The van der Waals surface area contributed by atoms with E-state index < -0.39 is 0 Å². The number of rotatable bonds is 4. The van der Waals surface area contributed by atoms with Gasteiger partial charge >= 0.3 is 0 Å². The van der Waals surface area contributed by atoms with E-state index in [0.29, 0.717) is 0 Å². The summed E-state index contributed by atoms with van der Waals surface area (Å²) in [5.74, 6) is 0. The molecule has 116 valence electrons. The van der Waals surface area contributed by atoms with Crippen molar-refractivity contribution in [3.05, 3.63) is 35.9 Å². The molecule has 21 heavy (non-hydrogen) atoms. The first-order valence-corrected chi connectivity index (χ1v) is 8.52. The molecule has 0 aliphatic carbocycles. The van der Waals surface area contributed by atoms with Crippen LogP contribution in [0.15, 0.2) is 30.3 Å². The summed E-state index contributed by atoms with van der Waals surface area (Å²) in [5, 5.41) is 10.3. The van der Waals surface area contributed by atoms with Crippen molar-refractivity contribution < 1.29 is 5.11 Å². The molecule has 2 aliphatic heterocycles. The highest BCUT2D eigenvalue weighted by Gasteiger charge is 2.26. The lowest BCUT2D eigenvalue weighted by molar-refractivity contribution is 0.0601. The van der Waals surface area contributed by atoms with Crippen molar-refractivity contribution in [1.29, 1.82) is 0 Å². The molecule has 0 aromatic heterocycles. The predicted octanol–water partition coefficient (Wildman–Crippen LogP) is 2.67. The summed E-state index contributed by atoms with van der Waals surface area (Å²) in [6.45, 7) is 5.64. The maximum atomic E-state index is 10.3. The zero-order valence-corrected chi connectivity index (χ0v) is 13.0. The van der Waals surface area contributed by atoms with Gasteiger partial charge in [-0.1, -0.05) is 36.8 Å². The fourth-order valence-electron chi connectivity index (χ4n) is 3.78. The molecule has 1 N–H and O–H groups in total. The molecule has 0 saturated carbocycles. The van der Waals surface area contributed by atoms with Gasteiger partial charge in [0.1, 0.15) is 0 Å². The van der Waals surface area contributed by atoms with E-state index in [9.17, 15) is 5.11 Å². The van der Waals surface area contributed by atoms with E-state index in [0.717, 1.165) is 31.2 Å². The number of hydrogen-bond acceptors (Lipinski definition) is 3. The number of likely N-dealkylation sites (tertiary alicyclic amines) is 2. The van der Waals surface area contributed by atoms with Gasteiger partial charge in [-0.2, -0.15) is 0 Å². The Morgan fingerprint density at radius 1 is 0.952 bits per heavy atom. The van der Waals surface area contributed by atoms with Crippen LogP contribution in [0.2, 0.25) is 0 Å². The molecule has 1 aromatic carbocycles. The Morgan fingerprint density at radius 3 is 2.29 bits per heavy atom. The first-order valence-electron chi connectivity index (χ1n) is 8.52. The van der Waals surface area contributed by atoms with Gasteiger partial charge in [-0.3, -0.25) is 0 Å². The van der Waals surface area contributed by atoms with Crippen LogP contribution in [0.3, 0.4) is 0 Å². The lowest BCUT2D eigenvalue weighted by Crippen LogP contribution is -2.47. The van der Waals surface area contributed by atoms with Gasteiger partial charge in [0.05, 0.1) is 6.10 Å². The predicted molar refractivity (Wildman–Crippen MR) is 86.3 cm³/mol. The van der Waals surface area contributed by atoms with E-state index in [1.807, 2.05) is 30.3 Å². The molecule has 3 nitrogen and oxygen atoms in total. The van der Waals surface area contributed by atoms with Gasteiger partial charge in [0.15, 0.2) is 0 Å². The first-order chi connectivity index (χ1) is 10.3. The molecule has 0 amide bonds. The molecule has 0 radical (unpaired) electrons. The summed E-state index contributed by atoms with van der Waals surface area (Å²) in [7, 11) is 0. The Kier molecular flexibility index (Phi) is 5.28. The van der Waals surface area contributed by atoms with Crippen molar-refractivity contribution in [2.24, 2.45) is 0 Å². The zero-order chi connectivity index (χ0) is 14.5. The Bertz CT molecular complexity index is 408. The van der Waals surface area contributed by atoms with Gasteiger partial charge in [-0.05, 0) is 57.4 Å². The van der Waals surface area contributed by atoms with E-state index in [1.54, 1.807) is 0 Å². The molecule has 2 fully saturated rings. The van der Waals surface area contributed by atoms with Crippen molar-refractivity contribution in [2.45, 2.75) is 44.2 Å². The van der Waals surface area contributed by atoms with Gasteiger partial charge in [0.25, 0.3) is 0 Å². The highest BCUT2D eigenvalue weighted by Crippen LogP contribution is 2.22. The largest absolute Gasteiger partial charge is 0.387 e. The van der Waals surface area contributed by atoms with Crippen LogP contribution in [0.25, 0.3) is 0 Å². The van der Waals surface area contributed by atoms with Gasteiger partial charge < -0.3 is 14.9 Å². The molecule has 1 atom stereocenters. The number of hydrogen-bond donors (Lipinski definition) is 1. The molecular formula is C18H28N2O. The average molecular weight is 288 g/mol. The van der Waals surface area contributed by atoms with Gasteiger partial charge in [0.2, 0.25) is 0 Å². The van der Waals surface area contributed by atoms with Crippen molar-refractivity contribution in [3.8, 4) is 0 Å². The van der Waals surface area contributed by atoms with E-state index in [4.69, 9.17) is 0 Å². The number of β-amino-alcohol motifs (C(OH)–C–C–N with tert-alkyl or cyclic N) is 1. The van der Waals surface area contributed by atoms with Crippen LogP contribution < -0.4 is 0 Å². The molecular weight excluding hydrogens is 260 g/mol. The topological polar surface area (TPSA) is 26.7 Å². The smallest absolute Gasteiger partial charge is 0.0916 e. The third kappa shape index (κ3) is 4.06. The van der Waals surface area contributed by atoms with Crippen LogP contribution in [0.1, 0.15) is 43.8 Å². The summed E-state index contributed by atoms with van der Waals surface area (Å²) in [5.41, 5.74) is 1.04. The second-order valence-corrected chi connectivity index (χ2v) is 6.55. The van der Waals surface area contributed by atoms with E-state index in [-0.39, 0.29) is 6.10 Å². The third-order valence-electron chi connectivity index (χ3n) is 5.08. The normalized spacial score (nSPS) is 24.0. The Balaban J connectivity index is 1.45.